The number of amides is 1. The van der Waals surface area contributed by atoms with Gasteiger partial charge in [-0.05, 0) is 60.0 Å². The summed E-state index contributed by atoms with van der Waals surface area (Å²) in [4.78, 5) is 13.0. The molecule has 0 aliphatic heterocycles. The normalized spacial score (nSPS) is 11.2. The number of carbonyl (C=O) groups is 1. The Labute approximate surface area is 204 Å². The van der Waals surface area contributed by atoms with Crippen molar-refractivity contribution in [1.29, 1.82) is 5.26 Å². The molecule has 5 heteroatoms. The maximum absolute atomic E-state index is 13.0. The van der Waals surface area contributed by atoms with Gasteiger partial charge in [-0.15, -0.1) is 0 Å². The monoisotopic (exact) mass is 466 g/mol. The summed E-state index contributed by atoms with van der Waals surface area (Å²) < 4.78 is 6.15. The van der Waals surface area contributed by atoms with Gasteiger partial charge >= 0.3 is 0 Å². The lowest BCUT2D eigenvalue weighted by atomic mass is 10.0. The molecule has 1 N–H and O–H groups in total. The topological polar surface area (TPSA) is 62.1 Å². The molecule has 34 heavy (non-hydrogen) atoms. The lowest BCUT2D eigenvalue weighted by Gasteiger charge is -2.13. The number of aryl methyl sites for hydroxylation is 1. The number of halogens is 1. The molecule has 4 aromatic carbocycles. The predicted octanol–water partition coefficient (Wildman–Crippen LogP) is 7.23. The van der Waals surface area contributed by atoms with Crippen molar-refractivity contribution in [2.45, 2.75) is 20.5 Å². The first-order valence-corrected chi connectivity index (χ1v) is 11.2. The largest absolute Gasteiger partial charge is 0.488 e. The van der Waals surface area contributed by atoms with Crippen LogP contribution in [0.3, 0.4) is 0 Å². The number of hydrogen-bond donors (Lipinski definition) is 1. The minimum atomic E-state index is -0.509. The van der Waals surface area contributed by atoms with Crippen molar-refractivity contribution in [3.8, 4) is 11.8 Å². The maximum atomic E-state index is 13.0. The predicted molar refractivity (Wildman–Crippen MR) is 138 cm³/mol. The molecular weight excluding hydrogens is 444 g/mol. The molecule has 0 fully saturated rings. The summed E-state index contributed by atoms with van der Waals surface area (Å²) in [5, 5.41) is 15.0. The van der Waals surface area contributed by atoms with E-state index in [1.54, 1.807) is 24.3 Å². The molecule has 168 valence electrons. The van der Waals surface area contributed by atoms with Gasteiger partial charge in [0.1, 0.15) is 24.0 Å². The van der Waals surface area contributed by atoms with Gasteiger partial charge in [0, 0.05) is 16.3 Å². The number of nitriles is 1. The molecule has 0 heterocycles. The van der Waals surface area contributed by atoms with Crippen LogP contribution in [-0.2, 0) is 11.4 Å². The summed E-state index contributed by atoms with van der Waals surface area (Å²) >= 11 is 6.17. The molecule has 0 atom stereocenters. The van der Waals surface area contributed by atoms with Gasteiger partial charge in [-0.1, -0.05) is 77.8 Å². The summed E-state index contributed by atoms with van der Waals surface area (Å²) in [6.45, 7) is 4.22. The Morgan fingerprint density at radius 1 is 1.00 bits per heavy atom. The van der Waals surface area contributed by atoms with Gasteiger partial charge in [-0.25, -0.2) is 0 Å². The van der Waals surface area contributed by atoms with Crippen molar-refractivity contribution in [3.63, 3.8) is 0 Å². The minimum absolute atomic E-state index is 0.0316. The number of anilines is 1. The zero-order chi connectivity index (χ0) is 24.1. The SMILES string of the molecule is Cc1ccc(COc2ccc3ccccc3c2/C=C(\C#N)C(=O)Nc2cccc(Cl)c2C)cc1. The molecule has 4 nitrogen and oxygen atoms in total. The van der Waals surface area contributed by atoms with Crippen LogP contribution in [-0.4, -0.2) is 5.91 Å². The lowest BCUT2D eigenvalue weighted by Crippen LogP contribution is -2.14. The van der Waals surface area contributed by atoms with Crippen LogP contribution in [0.15, 0.2) is 84.4 Å². The fourth-order valence-corrected chi connectivity index (χ4v) is 3.80. The van der Waals surface area contributed by atoms with E-state index in [2.05, 4.69) is 5.32 Å². The Morgan fingerprint density at radius 2 is 1.76 bits per heavy atom. The van der Waals surface area contributed by atoms with Crippen molar-refractivity contribution < 1.29 is 9.53 Å². The Bertz CT molecular complexity index is 1430. The van der Waals surface area contributed by atoms with Crippen LogP contribution in [0.25, 0.3) is 16.8 Å². The number of benzene rings is 4. The van der Waals surface area contributed by atoms with Gasteiger partial charge in [-0.2, -0.15) is 5.26 Å². The van der Waals surface area contributed by atoms with Crippen LogP contribution >= 0.6 is 11.6 Å². The van der Waals surface area contributed by atoms with E-state index in [4.69, 9.17) is 16.3 Å². The van der Waals surface area contributed by atoms with Crippen LogP contribution in [0.5, 0.6) is 5.75 Å². The minimum Gasteiger partial charge on any atom is -0.488 e. The molecule has 0 saturated heterocycles. The van der Waals surface area contributed by atoms with E-state index in [1.165, 1.54) is 5.56 Å². The van der Waals surface area contributed by atoms with E-state index in [9.17, 15) is 10.1 Å². The second-order valence-corrected chi connectivity index (χ2v) is 8.42. The molecule has 0 aromatic heterocycles. The molecule has 0 unspecified atom stereocenters. The smallest absolute Gasteiger partial charge is 0.266 e. The molecule has 0 bridgehead atoms. The maximum Gasteiger partial charge on any atom is 0.266 e. The highest BCUT2D eigenvalue weighted by Crippen LogP contribution is 2.31. The number of nitrogens with one attached hydrogen (secondary N) is 1. The molecule has 0 saturated carbocycles. The summed E-state index contributed by atoms with van der Waals surface area (Å²) in [5.74, 6) is 0.0871. The van der Waals surface area contributed by atoms with E-state index in [0.717, 1.165) is 21.9 Å². The highest BCUT2D eigenvalue weighted by Gasteiger charge is 2.15. The van der Waals surface area contributed by atoms with Crippen molar-refractivity contribution in [1.82, 2.24) is 0 Å². The Kier molecular flexibility index (Phi) is 6.96. The standard InChI is InChI=1S/C29H23ClN2O2/c1-19-10-12-21(13-11-19)18-34-28-15-14-22-6-3-4-7-24(22)25(28)16-23(17-31)29(33)32-27-9-5-8-26(30)20(27)2/h3-16H,18H2,1-2H3,(H,32,33)/b23-16+. The average Bonchev–Trinajstić information content (AvgIpc) is 2.85. The number of rotatable bonds is 6. The molecular formula is C29H23ClN2O2. The van der Waals surface area contributed by atoms with E-state index in [1.807, 2.05) is 80.6 Å². The van der Waals surface area contributed by atoms with Crippen LogP contribution < -0.4 is 10.1 Å². The molecule has 0 aliphatic rings. The average molecular weight is 467 g/mol. The third-order valence-corrected chi connectivity index (χ3v) is 6.02. The second-order valence-electron chi connectivity index (χ2n) is 8.01. The third kappa shape index (κ3) is 5.11. The first-order valence-electron chi connectivity index (χ1n) is 10.8. The fourth-order valence-electron chi connectivity index (χ4n) is 3.62. The molecule has 1 amide bonds. The summed E-state index contributed by atoms with van der Waals surface area (Å²) in [7, 11) is 0. The zero-order valence-electron chi connectivity index (χ0n) is 18.9. The molecule has 4 rings (SSSR count). The third-order valence-electron chi connectivity index (χ3n) is 5.62. The van der Waals surface area contributed by atoms with Crippen LogP contribution in [0, 0.1) is 25.2 Å². The highest BCUT2D eigenvalue weighted by molar-refractivity contribution is 6.31. The van der Waals surface area contributed by atoms with E-state index in [-0.39, 0.29) is 5.57 Å². The summed E-state index contributed by atoms with van der Waals surface area (Å²) in [6.07, 6.45) is 1.59. The van der Waals surface area contributed by atoms with Crippen molar-refractivity contribution >= 4 is 40.0 Å². The Hall–Kier alpha value is -4.07. The molecule has 4 aromatic rings. The zero-order valence-corrected chi connectivity index (χ0v) is 19.7. The number of nitrogens with zero attached hydrogens (tertiary/aromatic N) is 1. The number of fused-ring (bicyclic) bond motifs is 1. The molecule has 0 spiro atoms. The number of hydrogen-bond acceptors (Lipinski definition) is 3. The van der Waals surface area contributed by atoms with E-state index >= 15 is 0 Å². The van der Waals surface area contributed by atoms with Gasteiger partial charge < -0.3 is 10.1 Å². The summed E-state index contributed by atoms with van der Waals surface area (Å²) in [5.41, 5.74) is 4.16. The van der Waals surface area contributed by atoms with Crippen molar-refractivity contribution in [3.05, 3.63) is 112 Å². The van der Waals surface area contributed by atoms with Gasteiger partial charge in [0.05, 0.1) is 0 Å². The van der Waals surface area contributed by atoms with Gasteiger partial charge in [0.25, 0.3) is 5.91 Å². The van der Waals surface area contributed by atoms with Crippen molar-refractivity contribution in [2.75, 3.05) is 5.32 Å². The first kappa shape index (κ1) is 23.1. The van der Waals surface area contributed by atoms with Gasteiger partial charge in [0.2, 0.25) is 0 Å². The van der Waals surface area contributed by atoms with E-state index < -0.39 is 5.91 Å². The fraction of sp³-hybridized carbons (Fsp3) is 0.103. The van der Waals surface area contributed by atoms with Gasteiger partial charge in [0.15, 0.2) is 0 Å². The van der Waals surface area contributed by atoms with Crippen LogP contribution in [0.1, 0.15) is 22.3 Å². The second kappa shape index (κ2) is 10.2. The molecule has 0 aliphatic carbocycles. The van der Waals surface area contributed by atoms with Gasteiger partial charge in [-0.3, -0.25) is 4.79 Å². The Balaban J connectivity index is 1.70. The lowest BCUT2D eigenvalue weighted by molar-refractivity contribution is -0.112. The van der Waals surface area contributed by atoms with Crippen LogP contribution in [0.2, 0.25) is 5.02 Å². The highest BCUT2D eigenvalue weighted by atomic mass is 35.5. The first-order chi connectivity index (χ1) is 16.5. The van der Waals surface area contributed by atoms with E-state index in [0.29, 0.717) is 28.6 Å². The van der Waals surface area contributed by atoms with Crippen molar-refractivity contribution in [2.24, 2.45) is 0 Å². The van der Waals surface area contributed by atoms with Crippen LogP contribution in [0.4, 0.5) is 5.69 Å². The summed E-state index contributed by atoms with van der Waals surface area (Å²) in [6, 6.07) is 27.1. The quantitative estimate of drug-likeness (QED) is 0.241. The molecule has 0 radical (unpaired) electrons. The number of carbonyl (C=O) groups excluding carboxylic acids is 1. The Morgan fingerprint density at radius 3 is 2.53 bits per heavy atom. The number of ether oxygens (including phenoxy) is 1.